The number of thiophene rings is 1. The highest BCUT2D eigenvalue weighted by Gasteiger charge is 2.16. The number of hydrogen-bond acceptors (Lipinski definition) is 4. The number of rotatable bonds is 6. The van der Waals surface area contributed by atoms with Crippen molar-refractivity contribution in [2.45, 2.75) is 25.8 Å². The maximum absolute atomic E-state index is 13.9. The van der Waals surface area contributed by atoms with Gasteiger partial charge in [-0.2, -0.15) is 0 Å². The van der Waals surface area contributed by atoms with Crippen LogP contribution in [0.5, 0.6) is 0 Å². The van der Waals surface area contributed by atoms with Crippen molar-refractivity contribution >= 4 is 22.7 Å². The van der Waals surface area contributed by atoms with Crippen molar-refractivity contribution in [1.29, 1.82) is 0 Å². The summed E-state index contributed by atoms with van der Waals surface area (Å²) >= 11 is 1.61. The van der Waals surface area contributed by atoms with E-state index >= 15 is 0 Å². The summed E-state index contributed by atoms with van der Waals surface area (Å²) in [6.07, 6.45) is 1.83. The zero-order valence-electron chi connectivity index (χ0n) is 11.0. The molecule has 4 nitrogen and oxygen atoms in total. The van der Waals surface area contributed by atoms with E-state index in [4.69, 9.17) is 0 Å². The Bertz CT molecular complexity index is 587. The molecule has 1 heterocycles. The smallest absolute Gasteiger partial charge is 0.272 e. The van der Waals surface area contributed by atoms with Crippen LogP contribution in [0.25, 0.3) is 0 Å². The van der Waals surface area contributed by atoms with Gasteiger partial charge in [0.25, 0.3) is 5.69 Å². The number of nitro benzene ring substituents is 1. The molecule has 0 fully saturated rings. The highest BCUT2D eigenvalue weighted by molar-refractivity contribution is 7.10. The van der Waals surface area contributed by atoms with Gasteiger partial charge in [0.1, 0.15) is 0 Å². The molecule has 1 unspecified atom stereocenters. The van der Waals surface area contributed by atoms with Crippen LogP contribution in [0.1, 0.15) is 30.7 Å². The topological polar surface area (TPSA) is 55.2 Å². The number of halogens is 1. The molecule has 106 valence electrons. The number of nitrogens with one attached hydrogen (secondary N) is 1. The summed E-state index contributed by atoms with van der Waals surface area (Å²) in [6.45, 7) is 2.06. The standard InChI is InChI=1S/C14H15FN2O2S/c1-2-4-13(14-5-3-8-20-14)16-12-7-6-10(17(18)19)9-11(12)15/h3,5-9,13,16H,2,4H2,1H3. The number of benzene rings is 1. The van der Waals surface area contributed by atoms with E-state index in [2.05, 4.69) is 12.2 Å². The largest absolute Gasteiger partial charge is 0.375 e. The summed E-state index contributed by atoms with van der Waals surface area (Å²) in [5.41, 5.74) is 0.0543. The predicted molar refractivity (Wildman–Crippen MR) is 78.6 cm³/mol. The van der Waals surface area contributed by atoms with Gasteiger partial charge in [-0.1, -0.05) is 19.4 Å². The number of nitrogens with zero attached hydrogens (tertiary/aromatic N) is 1. The van der Waals surface area contributed by atoms with Crippen LogP contribution in [0, 0.1) is 15.9 Å². The van der Waals surface area contributed by atoms with Crippen LogP contribution in [0.4, 0.5) is 15.8 Å². The van der Waals surface area contributed by atoms with E-state index in [-0.39, 0.29) is 11.7 Å². The summed E-state index contributed by atoms with van der Waals surface area (Å²) in [4.78, 5) is 11.1. The SMILES string of the molecule is CCCC(Nc1ccc([N+](=O)[O-])cc1F)c1cccs1. The lowest BCUT2D eigenvalue weighted by molar-refractivity contribution is -0.385. The van der Waals surface area contributed by atoms with Gasteiger partial charge in [-0.3, -0.25) is 10.1 Å². The van der Waals surface area contributed by atoms with E-state index in [1.807, 2.05) is 17.5 Å². The average Bonchev–Trinajstić information content (AvgIpc) is 2.94. The molecule has 0 aliphatic carbocycles. The summed E-state index contributed by atoms with van der Waals surface area (Å²) in [6, 6.07) is 7.65. The molecule has 0 aliphatic heterocycles. The second kappa shape index (κ2) is 6.47. The Labute approximate surface area is 120 Å². The molecule has 2 rings (SSSR count). The third-order valence-corrected chi connectivity index (χ3v) is 3.94. The van der Waals surface area contributed by atoms with Crippen LogP contribution in [0.3, 0.4) is 0 Å². The molecule has 0 saturated carbocycles. The Morgan fingerprint density at radius 3 is 2.80 bits per heavy atom. The molecule has 0 amide bonds. The molecule has 2 aromatic rings. The maximum atomic E-state index is 13.9. The summed E-state index contributed by atoms with van der Waals surface area (Å²) in [7, 11) is 0. The Hall–Kier alpha value is -1.95. The quantitative estimate of drug-likeness (QED) is 0.618. The van der Waals surface area contributed by atoms with Gasteiger partial charge < -0.3 is 5.32 Å². The monoisotopic (exact) mass is 294 g/mol. The van der Waals surface area contributed by atoms with Gasteiger partial charge in [0, 0.05) is 10.9 Å². The van der Waals surface area contributed by atoms with E-state index in [1.54, 1.807) is 11.3 Å². The first kappa shape index (κ1) is 14.5. The molecule has 1 N–H and O–H groups in total. The van der Waals surface area contributed by atoms with Gasteiger partial charge in [0.2, 0.25) is 0 Å². The number of hydrogen-bond donors (Lipinski definition) is 1. The fourth-order valence-corrected chi connectivity index (χ4v) is 2.80. The van der Waals surface area contributed by atoms with Crippen LogP contribution in [-0.2, 0) is 0 Å². The Balaban J connectivity index is 2.21. The van der Waals surface area contributed by atoms with Gasteiger partial charge in [-0.05, 0) is 23.9 Å². The van der Waals surface area contributed by atoms with Crippen LogP contribution in [0.15, 0.2) is 35.7 Å². The third-order valence-electron chi connectivity index (χ3n) is 2.96. The highest BCUT2D eigenvalue weighted by atomic mass is 32.1. The van der Waals surface area contributed by atoms with Crippen molar-refractivity contribution in [1.82, 2.24) is 0 Å². The van der Waals surface area contributed by atoms with E-state index in [9.17, 15) is 14.5 Å². The number of non-ortho nitro benzene ring substituents is 1. The molecule has 0 radical (unpaired) electrons. The van der Waals surface area contributed by atoms with Crippen LogP contribution in [-0.4, -0.2) is 4.92 Å². The molecule has 0 aliphatic rings. The van der Waals surface area contributed by atoms with Gasteiger partial charge in [-0.25, -0.2) is 4.39 Å². The van der Waals surface area contributed by atoms with Crippen LogP contribution < -0.4 is 5.32 Å². The Morgan fingerprint density at radius 1 is 1.45 bits per heavy atom. The fraction of sp³-hybridized carbons (Fsp3) is 0.286. The second-order valence-corrected chi connectivity index (χ2v) is 5.40. The first-order valence-electron chi connectivity index (χ1n) is 6.35. The molecule has 0 spiro atoms. The minimum Gasteiger partial charge on any atom is -0.375 e. The molecular weight excluding hydrogens is 279 g/mol. The average molecular weight is 294 g/mol. The molecule has 20 heavy (non-hydrogen) atoms. The molecule has 0 bridgehead atoms. The third kappa shape index (κ3) is 3.33. The fourth-order valence-electron chi connectivity index (χ4n) is 1.99. The van der Waals surface area contributed by atoms with Crippen molar-refractivity contribution in [2.75, 3.05) is 5.32 Å². The van der Waals surface area contributed by atoms with Gasteiger partial charge in [0.15, 0.2) is 5.82 Å². The lowest BCUT2D eigenvalue weighted by atomic mass is 10.1. The molecule has 6 heteroatoms. The molecule has 1 atom stereocenters. The molecule has 1 aromatic carbocycles. The summed E-state index contributed by atoms with van der Waals surface area (Å²) < 4.78 is 13.9. The first-order chi connectivity index (χ1) is 9.61. The number of nitro groups is 1. The molecular formula is C14H15FN2O2S. The summed E-state index contributed by atoms with van der Waals surface area (Å²) in [5, 5.41) is 15.7. The lowest BCUT2D eigenvalue weighted by Crippen LogP contribution is -2.10. The van der Waals surface area contributed by atoms with Crippen LogP contribution in [0.2, 0.25) is 0 Å². The molecule has 0 saturated heterocycles. The van der Waals surface area contributed by atoms with Crippen molar-refractivity contribution in [3.05, 3.63) is 56.5 Å². The van der Waals surface area contributed by atoms with Crippen molar-refractivity contribution in [2.24, 2.45) is 0 Å². The second-order valence-electron chi connectivity index (χ2n) is 4.42. The van der Waals surface area contributed by atoms with E-state index < -0.39 is 10.7 Å². The van der Waals surface area contributed by atoms with Crippen molar-refractivity contribution < 1.29 is 9.31 Å². The van der Waals surface area contributed by atoms with Crippen LogP contribution >= 0.6 is 11.3 Å². The zero-order valence-corrected chi connectivity index (χ0v) is 11.8. The number of anilines is 1. The van der Waals surface area contributed by atoms with Gasteiger partial charge in [-0.15, -0.1) is 11.3 Å². The zero-order chi connectivity index (χ0) is 14.5. The van der Waals surface area contributed by atoms with Crippen molar-refractivity contribution in [3.63, 3.8) is 0 Å². The first-order valence-corrected chi connectivity index (χ1v) is 7.23. The van der Waals surface area contributed by atoms with Crippen molar-refractivity contribution in [3.8, 4) is 0 Å². The predicted octanol–water partition coefficient (Wildman–Crippen LogP) is 4.75. The Kier molecular flexibility index (Phi) is 4.68. The van der Waals surface area contributed by atoms with E-state index in [0.717, 1.165) is 23.8 Å². The summed E-state index contributed by atoms with van der Waals surface area (Å²) in [5.74, 6) is -0.600. The maximum Gasteiger partial charge on any atom is 0.272 e. The lowest BCUT2D eigenvalue weighted by Gasteiger charge is -2.18. The minimum absolute atomic E-state index is 0.0240. The van der Waals surface area contributed by atoms with E-state index in [0.29, 0.717) is 5.69 Å². The van der Waals surface area contributed by atoms with Gasteiger partial charge >= 0.3 is 0 Å². The van der Waals surface area contributed by atoms with Gasteiger partial charge in [0.05, 0.1) is 22.7 Å². The minimum atomic E-state index is -0.602. The van der Waals surface area contributed by atoms with E-state index in [1.165, 1.54) is 12.1 Å². The Morgan fingerprint density at radius 2 is 2.25 bits per heavy atom. The highest BCUT2D eigenvalue weighted by Crippen LogP contribution is 2.29. The molecule has 1 aromatic heterocycles. The normalized spacial score (nSPS) is 12.1.